The summed E-state index contributed by atoms with van der Waals surface area (Å²) in [7, 11) is 0. The van der Waals surface area contributed by atoms with E-state index in [1.165, 1.54) is 0 Å². The molecule has 4 heteroatoms. The lowest BCUT2D eigenvalue weighted by atomic mass is 9.80. The van der Waals surface area contributed by atoms with Gasteiger partial charge in [-0.2, -0.15) is 0 Å². The molecule has 1 saturated carbocycles. The minimum absolute atomic E-state index is 0.0641. The van der Waals surface area contributed by atoms with Crippen molar-refractivity contribution in [3.05, 3.63) is 12.2 Å². The van der Waals surface area contributed by atoms with Crippen molar-refractivity contribution >= 4 is 11.7 Å². The van der Waals surface area contributed by atoms with E-state index in [9.17, 15) is 9.59 Å². The number of ketones is 1. The minimum Gasteiger partial charge on any atom is -0.355 e. The van der Waals surface area contributed by atoms with E-state index in [4.69, 9.17) is 0 Å². The van der Waals surface area contributed by atoms with Crippen LogP contribution in [0.25, 0.3) is 0 Å². The van der Waals surface area contributed by atoms with Crippen LogP contribution in [0.15, 0.2) is 12.2 Å². The molecule has 0 radical (unpaired) electrons. The third-order valence-electron chi connectivity index (χ3n) is 4.85. The molecular formula is C16H26N2O2. The van der Waals surface area contributed by atoms with E-state index in [1.807, 2.05) is 0 Å². The molecule has 2 aliphatic carbocycles. The lowest BCUT2D eigenvalue weighted by molar-refractivity contribution is -0.133. The van der Waals surface area contributed by atoms with Crippen LogP contribution in [0.5, 0.6) is 0 Å². The van der Waals surface area contributed by atoms with Crippen LogP contribution < -0.4 is 5.32 Å². The zero-order valence-electron chi connectivity index (χ0n) is 12.8. The van der Waals surface area contributed by atoms with Gasteiger partial charge in [0, 0.05) is 19.0 Å². The van der Waals surface area contributed by atoms with E-state index >= 15 is 0 Å². The van der Waals surface area contributed by atoms with Crippen LogP contribution in [-0.4, -0.2) is 42.8 Å². The van der Waals surface area contributed by atoms with Gasteiger partial charge in [-0.15, -0.1) is 0 Å². The first-order valence-electron chi connectivity index (χ1n) is 7.77. The topological polar surface area (TPSA) is 49.4 Å². The first-order valence-corrected chi connectivity index (χ1v) is 7.77. The third-order valence-corrected chi connectivity index (χ3v) is 4.85. The number of carbonyl (C=O) groups is 2. The Labute approximate surface area is 121 Å². The molecule has 0 aromatic heterocycles. The SMILES string of the molecule is CCN(CC)CCNC(=O)C1C2C=CC(C2)C1C(C)=O. The molecule has 0 aromatic rings. The van der Waals surface area contributed by atoms with Crippen LogP contribution in [0.3, 0.4) is 0 Å². The Kier molecular flexibility index (Phi) is 4.97. The van der Waals surface area contributed by atoms with Crippen molar-refractivity contribution in [1.29, 1.82) is 0 Å². The number of allylic oxidation sites excluding steroid dienone is 2. The molecule has 0 aliphatic heterocycles. The summed E-state index contributed by atoms with van der Waals surface area (Å²) in [6.45, 7) is 9.41. The Morgan fingerprint density at radius 2 is 1.75 bits per heavy atom. The lowest BCUT2D eigenvalue weighted by Crippen LogP contribution is -2.42. The monoisotopic (exact) mass is 278 g/mol. The molecule has 4 nitrogen and oxygen atoms in total. The second-order valence-electron chi connectivity index (χ2n) is 5.93. The van der Waals surface area contributed by atoms with E-state index in [2.05, 4.69) is 36.2 Å². The molecule has 1 fully saturated rings. The highest BCUT2D eigenvalue weighted by Gasteiger charge is 2.49. The fraction of sp³-hybridized carbons (Fsp3) is 0.750. The van der Waals surface area contributed by atoms with Crippen LogP contribution in [0, 0.1) is 23.7 Å². The molecule has 1 N–H and O–H groups in total. The van der Waals surface area contributed by atoms with E-state index in [0.29, 0.717) is 6.54 Å². The molecule has 4 unspecified atom stereocenters. The number of carbonyl (C=O) groups excluding carboxylic acids is 2. The van der Waals surface area contributed by atoms with Gasteiger partial charge in [-0.25, -0.2) is 0 Å². The number of likely N-dealkylation sites (N-methyl/N-ethyl adjacent to an activating group) is 1. The number of hydrogen-bond donors (Lipinski definition) is 1. The normalized spacial score (nSPS) is 31.0. The molecular weight excluding hydrogens is 252 g/mol. The lowest BCUT2D eigenvalue weighted by Gasteiger charge is -2.26. The molecule has 0 saturated heterocycles. The standard InChI is InChI=1S/C16H26N2O2/c1-4-18(5-2)9-8-17-16(20)15-13-7-6-12(10-13)14(15)11(3)19/h6-7,12-15H,4-5,8-10H2,1-3H3,(H,17,20). The van der Waals surface area contributed by atoms with Crippen LogP contribution >= 0.6 is 0 Å². The zero-order valence-corrected chi connectivity index (χ0v) is 12.8. The predicted octanol–water partition coefficient (Wildman–Crippen LogP) is 1.47. The van der Waals surface area contributed by atoms with Crippen molar-refractivity contribution in [2.24, 2.45) is 23.7 Å². The van der Waals surface area contributed by atoms with Gasteiger partial charge in [-0.1, -0.05) is 26.0 Å². The van der Waals surface area contributed by atoms with Gasteiger partial charge in [0.05, 0.1) is 5.92 Å². The van der Waals surface area contributed by atoms with Crippen molar-refractivity contribution in [3.63, 3.8) is 0 Å². The summed E-state index contributed by atoms with van der Waals surface area (Å²) in [5.41, 5.74) is 0. The maximum atomic E-state index is 12.4. The van der Waals surface area contributed by atoms with Gasteiger partial charge in [0.1, 0.15) is 5.78 Å². The van der Waals surface area contributed by atoms with Crippen molar-refractivity contribution in [1.82, 2.24) is 10.2 Å². The Morgan fingerprint density at radius 1 is 1.15 bits per heavy atom. The summed E-state index contributed by atoms with van der Waals surface area (Å²) in [5, 5.41) is 3.03. The maximum absolute atomic E-state index is 12.4. The summed E-state index contributed by atoms with van der Waals surface area (Å²) < 4.78 is 0. The molecule has 0 aromatic carbocycles. The average Bonchev–Trinajstić information content (AvgIpc) is 3.03. The summed E-state index contributed by atoms with van der Waals surface area (Å²) in [5.74, 6) is 0.538. The van der Waals surface area contributed by atoms with Gasteiger partial charge >= 0.3 is 0 Å². The van der Waals surface area contributed by atoms with E-state index < -0.39 is 0 Å². The van der Waals surface area contributed by atoms with Gasteiger partial charge in [-0.3, -0.25) is 9.59 Å². The van der Waals surface area contributed by atoms with E-state index in [0.717, 1.165) is 26.1 Å². The summed E-state index contributed by atoms with van der Waals surface area (Å²) >= 11 is 0. The Bertz CT molecular complexity index is 401. The number of Topliss-reactive ketones (excluding diaryl/α,β-unsaturated/α-hetero) is 1. The van der Waals surface area contributed by atoms with E-state index in [-0.39, 0.29) is 35.4 Å². The van der Waals surface area contributed by atoms with Crippen LogP contribution in [0.1, 0.15) is 27.2 Å². The van der Waals surface area contributed by atoms with Crippen LogP contribution in [0.4, 0.5) is 0 Å². The number of nitrogens with zero attached hydrogens (tertiary/aromatic N) is 1. The van der Waals surface area contributed by atoms with Crippen molar-refractivity contribution in [2.45, 2.75) is 27.2 Å². The fourth-order valence-corrected chi connectivity index (χ4v) is 3.73. The number of nitrogens with one attached hydrogen (secondary N) is 1. The fourth-order valence-electron chi connectivity index (χ4n) is 3.73. The summed E-state index contributed by atoms with van der Waals surface area (Å²) in [6, 6.07) is 0. The summed E-state index contributed by atoms with van der Waals surface area (Å²) in [4.78, 5) is 26.5. The molecule has 2 rings (SSSR count). The number of hydrogen-bond acceptors (Lipinski definition) is 3. The zero-order chi connectivity index (χ0) is 14.7. The molecule has 4 atom stereocenters. The molecule has 2 bridgehead atoms. The molecule has 1 amide bonds. The van der Waals surface area contributed by atoms with Gasteiger partial charge < -0.3 is 10.2 Å². The highest BCUT2D eigenvalue weighted by molar-refractivity contribution is 5.89. The van der Waals surface area contributed by atoms with Crippen molar-refractivity contribution in [2.75, 3.05) is 26.2 Å². The Balaban J connectivity index is 1.89. The maximum Gasteiger partial charge on any atom is 0.224 e. The third kappa shape index (κ3) is 2.95. The van der Waals surface area contributed by atoms with Gasteiger partial charge in [0.15, 0.2) is 0 Å². The molecule has 0 spiro atoms. The van der Waals surface area contributed by atoms with E-state index in [1.54, 1.807) is 6.92 Å². The Morgan fingerprint density at radius 3 is 2.30 bits per heavy atom. The first kappa shape index (κ1) is 15.2. The average molecular weight is 278 g/mol. The quantitative estimate of drug-likeness (QED) is 0.718. The highest BCUT2D eigenvalue weighted by Crippen LogP contribution is 2.48. The second kappa shape index (κ2) is 6.53. The van der Waals surface area contributed by atoms with Crippen molar-refractivity contribution in [3.8, 4) is 0 Å². The smallest absolute Gasteiger partial charge is 0.224 e. The van der Waals surface area contributed by atoms with Gasteiger partial charge in [0.25, 0.3) is 0 Å². The number of rotatable bonds is 7. The Hall–Kier alpha value is -1.16. The first-order chi connectivity index (χ1) is 9.58. The second-order valence-corrected chi connectivity index (χ2v) is 5.93. The largest absolute Gasteiger partial charge is 0.355 e. The molecule has 2 aliphatic rings. The van der Waals surface area contributed by atoms with Crippen LogP contribution in [-0.2, 0) is 9.59 Å². The molecule has 0 heterocycles. The van der Waals surface area contributed by atoms with Gasteiger partial charge in [-0.05, 0) is 38.3 Å². The van der Waals surface area contributed by atoms with Crippen LogP contribution in [0.2, 0.25) is 0 Å². The number of fused-ring (bicyclic) bond motifs is 2. The highest BCUT2D eigenvalue weighted by atomic mass is 16.2. The predicted molar refractivity (Wildman–Crippen MR) is 79.2 cm³/mol. The molecule has 20 heavy (non-hydrogen) atoms. The van der Waals surface area contributed by atoms with Gasteiger partial charge in [0.2, 0.25) is 5.91 Å². The molecule has 112 valence electrons. The number of amides is 1. The minimum atomic E-state index is -0.140. The summed E-state index contributed by atoms with van der Waals surface area (Å²) in [6.07, 6.45) is 5.22. The van der Waals surface area contributed by atoms with Crippen molar-refractivity contribution < 1.29 is 9.59 Å².